The average Bonchev–Trinajstić information content (AvgIpc) is 2.74. The molecule has 0 aliphatic carbocycles. The molecular formula is C22H29BrN2O4. The van der Waals surface area contributed by atoms with E-state index in [4.69, 9.17) is 18.9 Å². The van der Waals surface area contributed by atoms with Crippen LogP contribution in [0, 0.1) is 0 Å². The number of nitrogens with zero attached hydrogens (tertiary/aromatic N) is 2. The van der Waals surface area contributed by atoms with Crippen LogP contribution in [-0.2, 0) is 13.1 Å². The van der Waals surface area contributed by atoms with Crippen molar-refractivity contribution >= 4 is 15.9 Å². The Morgan fingerprint density at radius 3 is 1.86 bits per heavy atom. The molecule has 1 aliphatic rings. The van der Waals surface area contributed by atoms with E-state index < -0.39 is 0 Å². The van der Waals surface area contributed by atoms with Crippen LogP contribution in [0.5, 0.6) is 23.0 Å². The molecule has 0 amide bonds. The first-order valence-corrected chi connectivity index (χ1v) is 10.4. The van der Waals surface area contributed by atoms with E-state index in [1.54, 1.807) is 28.4 Å². The molecular weight excluding hydrogens is 436 g/mol. The van der Waals surface area contributed by atoms with E-state index in [1.807, 2.05) is 12.1 Å². The molecule has 6 nitrogen and oxygen atoms in total. The minimum Gasteiger partial charge on any atom is -0.496 e. The highest BCUT2D eigenvalue weighted by Crippen LogP contribution is 2.40. The Morgan fingerprint density at radius 1 is 0.724 bits per heavy atom. The minimum atomic E-state index is 0.649. The lowest BCUT2D eigenvalue weighted by Gasteiger charge is -2.35. The molecule has 3 rings (SSSR count). The summed E-state index contributed by atoms with van der Waals surface area (Å²) < 4.78 is 22.8. The molecule has 0 spiro atoms. The first-order valence-electron chi connectivity index (χ1n) is 9.64. The van der Waals surface area contributed by atoms with Gasteiger partial charge in [-0.1, -0.05) is 12.1 Å². The Bertz CT molecular complexity index is 823. The second kappa shape index (κ2) is 10.2. The molecule has 29 heavy (non-hydrogen) atoms. The maximum atomic E-state index is 5.62. The normalized spacial score (nSPS) is 15.2. The van der Waals surface area contributed by atoms with Gasteiger partial charge in [-0.15, -0.1) is 0 Å². The molecule has 0 saturated carbocycles. The number of rotatable bonds is 8. The largest absolute Gasteiger partial charge is 0.496 e. The molecule has 0 unspecified atom stereocenters. The maximum Gasteiger partial charge on any atom is 0.203 e. The molecule has 0 aromatic heterocycles. The Balaban J connectivity index is 1.59. The summed E-state index contributed by atoms with van der Waals surface area (Å²) in [6, 6.07) is 10.3. The van der Waals surface area contributed by atoms with Crippen molar-refractivity contribution in [2.75, 3.05) is 54.6 Å². The quantitative estimate of drug-likeness (QED) is 0.591. The van der Waals surface area contributed by atoms with E-state index in [0.29, 0.717) is 11.5 Å². The summed E-state index contributed by atoms with van der Waals surface area (Å²) in [4.78, 5) is 4.93. The lowest BCUT2D eigenvalue weighted by atomic mass is 10.1. The highest BCUT2D eigenvalue weighted by atomic mass is 79.9. The van der Waals surface area contributed by atoms with Gasteiger partial charge in [0, 0.05) is 44.8 Å². The summed E-state index contributed by atoms with van der Waals surface area (Å²) in [6.45, 7) is 5.84. The fraction of sp³-hybridized carbons (Fsp3) is 0.455. The number of benzene rings is 2. The number of halogens is 1. The third-order valence-corrected chi connectivity index (χ3v) is 5.89. The van der Waals surface area contributed by atoms with Gasteiger partial charge in [-0.25, -0.2) is 0 Å². The van der Waals surface area contributed by atoms with Gasteiger partial charge >= 0.3 is 0 Å². The van der Waals surface area contributed by atoms with Gasteiger partial charge in [0.15, 0.2) is 11.5 Å². The van der Waals surface area contributed by atoms with Crippen LogP contribution in [0.15, 0.2) is 34.8 Å². The van der Waals surface area contributed by atoms with E-state index in [9.17, 15) is 0 Å². The monoisotopic (exact) mass is 464 g/mol. The zero-order valence-corrected chi connectivity index (χ0v) is 19.1. The fourth-order valence-electron chi connectivity index (χ4n) is 3.70. The van der Waals surface area contributed by atoms with Crippen molar-refractivity contribution < 1.29 is 18.9 Å². The van der Waals surface area contributed by atoms with Crippen molar-refractivity contribution in [3.63, 3.8) is 0 Å². The second-order valence-corrected chi connectivity index (χ2v) is 7.87. The summed E-state index contributed by atoms with van der Waals surface area (Å²) in [5.41, 5.74) is 2.39. The Morgan fingerprint density at radius 2 is 1.31 bits per heavy atom. The van der Waals surface area contributed by atoms with Crippen LogP contribution in [0.1, 0.15) is 11.1 Å². The van der Waals surface area contributed by atoms with Gasteiger partial charge in [0.2, 0.25) is 5.75 Å². The van der Waals surface area contributed by atoms with Crippen molar-refractivity contribution in [3.05, 3.63) is 45.9 Å². The fourth-order valence-corrected chi connectivity index (χ4v) is 4.29. The van der Waals surface area contributed by atoms with Crippen molar-refractivity contribution in [1.29, 1.82) is 0 Å². The second-order valence-electron chi connectivity index (χ2n) is 7.01. The summed E-state index contributed by atoms with van der Waals surface area (Å²) in [6.07, 6.45) is 0. The number of hydrogen-bond acceptors (Lipinski definition) is 6. The first kappa shape index (κ1) is 21.7. The van der Waals surface area contributed by atoms with Crippen LogP contribution < -0.4 is 18.9 Å². The third-order valence-electron chi connectivity index (χ3n) is 5.27. The summed E-state index contributed by atoms with van der Waals surface area (Å²) in [5, 5.41) is 0. The van der Waals surface area contributed by atoms with Crippen molar-refractivity contribution in [1.82, 2.24) is 9.80 Å². The Hall–Kier alpha value is -1.96. The van der Waals surface area contributed by atoms with E-state index in [2.05, 4.69) is 43.9 Å². The maximum absolute atomic E-state index is 5.62. The Kier molecular flexibility index (Phi) is 7.64. The summed E-state index contributed by atoms with van der Waals surface area (Å²) in [5.74, 6) is 2.94. The molecule has 0 radical (unpaired) electrons. The molecule has 0 N–H and O–H groups in total. The highest BCUT2D eigenvalue weighted by Gasteiger charge is 2.21. The van der Waals surface area contributed by atoms with Crippen LogP contribution >= 0.6 is 15.9 Å². The molecule has 0 atom stereocenters. The SMILES string of the molecule is COc1ccc(CN2CCN(Cc3ccc(OC)c(OC)c3OC)CC2)cc1Br. The van der Waals surface area contributed by atoms with Crippen LogP contribution in [-0.4, -0.2) is 64.4 Å². The first-order chi connectivity index (χ1) is 14.1. The van der Waals surface area contributed by atoms with Gasteiger partial charge in [-0.2, -0.15) is 0 Å². The van der Waals surface area contributed by atoms with Crippen LogP contribution in [0.2, 0.25) is 0 Å². The van der Waals surface area contributed by atoms with Gasteiger partial charge in [-0.05, 0) is 39.7 Å². The number of hydrogen-bond donors (Lipinski definition) is 0. The van der Waals surface area contributed by atoms with Gasteiger partial charge in [0.25, 0.3) is 0 Å². The number of ether oxygens (including phenoxy) is 4. The Labute approximate surface area is 181 Å². The molecule has 1 aliphatic heterocycles. The van der Waals surface area contributed by atoms with Gasteiger partial charge < -0.3 is 18.9 Å². The molecule has 1 fully saturated rings. The summed E-state index contributed by atoms with van der Waals surface area (Å²) >= 11 is 3.57. The predicted octanol–water partition coefficient (Wildman–Crippen LogP) is 3.80. The van der Waals surface area contributed by atoms with Crippen molar-refractivity contribution in [2.45, 2.75) is 13.1 Å². The molecule has 7 heteroatoms. The van der Waals surface area contributed by atoms with E-state index in [1.165, 1.54) is 5.56 Å². The number of methoxy groups -OCH3 is 4. The summed E-state index contributed by atoms with van der Waals surface area (Å²) in [7, 11) is 6.64. The minimum absolute atomic E-state index is 0.649. The van der Waals surface area contributed by atoms with Crippen LogP contribution in [0.4, 0.5) is 0 Å². The molecule has 158 valence electrons. The van der Waals surface area contributed by atoms with Crippen molar-refractivity contribution in [2.24, 2.45) is 0 Å². The van der Waals surface area contributed by atoms with E-state index in [-0.39, 0.29) is 0 Å². The molecule has 0 bridgehead atoms. The zero-order chi connectivity index (χ0) is 20.8. The topological polar surface area (TPSA) is 43.4 Å². The smallest absolute Gasteiger partial charge is 0.203 e. The van der Waals surface area contributed by atoms with Gasteiger partial charge in [0.05, 0.1) is 32.9 Å². The zero-order valence-electron chi connectivity index (χ0n) is 17.5. The number of piperazine rings is 1. The predicted molar refractivity (Wildman–Crippen MR) is 117 cm³/mol. The molecule has 1 saturated heterocycles. The third kappa shape index (κ3) is 5.15. The van der Waals surface area contributed by atoms with E-state index >= 15 is 0 Å². The standard InChI is InChI=1S/C22H29BrN2O4/c1-26-19-7-5-16(13-18(19)23)14-24-9-11-25(12-10-24)15-17-6-8-20(27-2)22(29-4)21(17)28-3/h5-8,13H,9-12,14-15H2,1-4H3. The van der Waals surface area contributed by atoms with Crippen molar-refractivity contribution in [3.8, 4) is 23.0 Å². The lowest BCUT2D eigenvalue weighted by Crippen LogP contribution is -2.45. The average molecular weight is 465 g/mol. The van der Waals surface area contributed by atoms with Crippen LogP contribution in [0.3, 0.4) is 0 Å². The van der Waals surface area contributed by atoms with E-state index in [0.717, 1.165) is 60.8 Å². The molecule has 2 aromatic rings. The van der Waals surface area contributed by atoms with Crippen LogP contribution in [0.25, 0.3) is 0 Å². The lowest BCUT2D eigenvalue weighted by molar-refractivity contribution is 0.121. The molecule has 1 heterocycles. The van der Waals surface area contributed by atoms with Gasteiger partial charge in [-0.3, -0.25) is 9.80 Å². The highest BCUT2D eigenvalue weighted by molar-refractivity contribution is 9.10. The molecule has 2 aromatic carbocycles. The van der Waals surface area contributed by atoms with Gasteiger partial charge in [0.1, 0.15) is 5.75 Å².